The van der Waals surface area contributed by atoms with Crippen LogP contribution >= 0.6 is 11.3 Å². The smallest absolute Gasteiger partial charge is 0.365 e. The molecule has 144 valence electrons. The fraction of sp³-hybridized carbons (Fsp3) is 0.105. The lowest BCUT2D eigenvalue weighted by molar-refractivity contribution is -0.137. The molecule has 2 amide bonds. The molecule has 0 spiro atoms. The Balaban J connectivity index is 1.87. The van der Waals surface area contributed by atoms with Crippen LogP contribution in [-0.4, -0.2) is 16.8 Å². The van der Waals surface area contributed by atoms with Crippen molar-refractivity contribution in [2.24, 2.45) is 5.73 Å². The summed E-state index contributed by atoms with van der Waals surface area (Å²) in [5, 5.41) is 3.13. The number of anilines is 1. The number of hydrogen-bond acceptors (Lipinski definition) is 4. The van der Waals surface area contributed by atoms with Gasteiger partial charge < -0.3 is 11.1 Å². The number of nitrogens with two attached hydrogens (primary N) is 1. The Bertz CT molecular complexity index is 1060. The Morgan fingerprint density at radius 1 is 1.14 bits per heavy atom. The largest absolute Gasteiger partial charge is 0.416 e. The van der Waals surface area contributed by atoms with Gasteiger partial charge in [0.1, 0.15) is 9.88 Å². The molecule has 1 heterocycles. The molecule has 0 unspecified atom stereocenters. The summed E-state index contributed by atoms with van der Waals surface area (Å²) in [6, 6.07) is 9.20. The van der Waals surface area contributed by atoms with Gasteiger partial charge in [0, 0.05) is 16.8 Å². The van der Waals surface area contributed by atoms with E-state index in [1.165, 1.54) is 18.3 Å². The minimum atomic E-state index is -4.53. The Kier molecular flexibility index (Phi) is 5.19. The van der Waals surface area contributed by atoms with E-state index in [2.05, 4.69) is 10.3 Å². The van der Waals surface area contributed by atoms with Crippen LogP contribution in [0, 0.1) is 6.92 Å². The molecule has 3 aromatic rings. The third-order valence-electron chi connectivity index (χ3n) is 3.93. The fourth-order valence-corrected chi connectivity index (χ4v) is 3.33. The Morgan fingerprint density at radius 3 is 2.54 bits per heavy atom. The monoisotopic (exact) mass is 405 g/mol. The van der Waals surface area contributed by atoms with Crippen molar-refractivity contribution in [1.82, 2.24) is 4.98 Å². The Hall–Kier alpha value is -3.20. The van der Waals surface area contributed by atoms with Crippen LogP contribution in [0.1, 0.15) is 31.2 Å². The van der Waals surface area contributed by atoms with Crippen molar-refractivity contribution in [1.29, 1.82) is 0 Å². The summed E-state index contributed by atoms with van der Waals surface area (Å²) in [7, 11) is 0. The van der Waals surface area contributed by atoms with Crippen LogP contribution in [0.15, 0.2) is 48.7 Å². The van der Waals surface area contributed by atoms with Gasteiger partial charge in [0.05, 0.1) is 11.8 Å². The van der Waals surface area contributed by atoms with Crippen molar-refractivity contribution in [3.63, 3.8) is 0 Å². The number of nitrogens with one attached hydrogen (secondary N) is 1. The van der Waals surface area contributed by atoms with Crippen LogP contribution in [0.25, 0.3) is 10.6 Å². The van der Waals surface area contributed by atoms with Gasteiger partial charge in [-0.15, -0.1) is 11.3 Å². The van der Waals surface area contributed by atoms with E-state index in [9.17, 15) is 22.8 Å². The van der Waals surface area contributed by atoms with Crippen LogP contribution < -0.4 is 11.1 Å². The zero-order valence-corrected chi connectivity index (χ0v) is 15.3. The van der Waals surface area contributed by atoms with Crippen molar-refractivity contribution in [3.05, 3.63) is 70.2 Å². The quantitative estimate of drug-likeness (QED) is 0.671. The van der Waals surface area contributed by atoms with Gasteiger partial charge >= 0.3 is 6.18 Å². The summed E-state index contributed by atoms with van der Waals surface area (Å²) in [4.78, 5) is 28.1. The molecule has 0 aliphatic carbocycles. The summed E-state index contributed by atoms with van der Waals surface area (Å²) < 4.78 is 38.5. The molecular weight excluding hydrogens is 391 g/mol. The number of carbonyl (C=O) groups is 2. The number of aromatic nitrogens is 1. The first-order valence-electron chi connectivity index (χ1n) is 8.00. The van der Waals surface area contributed by atoms with Gasteiger partial charge in [-0.05, 0) is 42.8 Å². The molecule has 0 saturated heterocycles. The summed E-state index contributed by atoms with van der Waals surface area (Å²) in [6.07, 6.45) is -3.16. The molecule has 0 radical (unpaired) electrons. The number of benzene rings is 2. The Labute approximate surface area is 162 Å². The van der Waals surface area contributed by atoms with Crippen molar-refractivity contribution >= 4 is 28.8 Å². The number of halogens is 3. The first-order valence-corrected chi connectivity index (χ1v) is 8.82. The zero-order valence-electron chi connectivity index (χ0n) is 14.5. The molecule has 0 bridgehead atoms. The highest BCUT2D eigenvalue weighted by molar-refractivity contribution is 7.16. The van der Waals surface area contributed by atoms with Gasteiger partial charge in [0.2, 0.25) is 0 Å². The summed E-state index contributed by atoms with van der Waals surface area (Å²) in [5.74, 6) is -1.26. The normalized spacial score (nSPS) is 11.3. The van der Waals surface area contributed by atoms with Crippen LogP contribution in [0.3, 0.4) is 0 Å². The van der Waals surface area contributed by atoms with E-state index in [-0.39, 0.29) is 5.56 Å². The third-order valence-corrected chi connectivity index (χ3v) is 4.97. The van der Waals surface area contributed by atoms with Crippen molar-refractivity contribution < 1.29 is 22.8 Å². The second-order valence-corrected chi connectivity index (χ2v) is 6.99. The van der Waals surface area contributed by atoms with E-state index >= 15 is 0 Å². The topological polar surface area (TPSA) is 85.1 Å². The number of alkyl halides is 3. The third kappa shape index (κ3) is 4.20. The summed E-state index contributed by atoms with van der Waals surface area (Å²) in [5.41, 5.74) is 6.15. The van der Waals surface area contributed by atoms with E-state index in [1.54, 1.807) is 18.2 Å². The number of aryl methyl sites for hydroxylation is 1. The SMILES string of the molecule is Cc1ccc(NC(=O)c2cccc(C(F)(F)F)c2)cc1-c1ncc(C(N)=O)s1. The van der Waals surface area contributed by atoms with Crippen LogP contribution in [-0.2, 0) is 6.18 Å². The van der Waals surface area contributed by atoms with E-state index in [0.29, 0.717) is 21.1 Å². The predicted molar refractivity (Wildman–Crippen MR) is 100 cm³/mol. The highest BCUT2D eigenvalue weighted by Gasteiger charge is 2.30. The molecule has 0 atom stereocenters. The number of carbonyl (C=O) groups excluding carboxylic acids is 2. The highest BCUT2D eigenvalue weighted by Crippen LogP contribution is 2.31. The number of primary amides is 1. The van der Waals surface area contributed by atoms with E-state index in [4.69, 9.17) is 5.73 Å². The first-order chi connectivity index (χ1) is 13.1. The van der Waals surface area contributed by atoms with Crippen molar-refractivity contribution in [2.45, 2.75) is 13.1 Å². The maximum Gasteiger partial charge on any atom is 0.416 e. The Morgan fingerprint density at radius 2 is 1.89 bits per heavy atom. The van der Waals surface area contributed by atoms with Crippen molar-refractivity contribution in [2.75, 3.05) is 5.32 Å². The lowest BCUT2D eigenvalue weighted by Gasteiger charge is -2.11. The standard InChI is InChI=1S/C19H14F3N3O2S/c1-10-5-6-13(8-14(10)18-24-9-15(28-18)16(23)26)25-17(27)11-3-2-4-12(7-11)19(20,21)22/h2-9H,1H3,(H2,23,26)(H,25,27). The molecule has 28 heavy (non-hydrogen) atoms. The van der Waals surface area contributed by atoms with Crippen LogP contribution in [0.4, 0.5) is 18.9 Å². The molecule has 0 aliphatic rings. The van der Waals surface area contributed by atoms with Gasteiger partial charge in [-0.3, -0.25) is 9.59 Å². The van der Waals surface area contributed by atoms with Gasteiger partial charge in [0.15, 0.2) is 0 Å². The molecule has 1 aromatic heterocycles. The average Bonchev–Trinajstić information content (AvgIpc) is 3.13. The zero-order chi connectivity index (χ0) is 20.5. The summed E-state index contributed by atoms with van der Waals surface area (Å²) in [6.45, 7) is 1.83. The number of nitrogens with zero attached hydrogens (tertiary/aromatic N) is 1. The minimum absolute atomic E-state index is 0.109. The lowest BCUT2D eigenvalue weighted by atomic mass is 10.1. The van der Waals surface area contributed by atoms with Gasteiger partial charge in [0.25, 0.3) is 11.8 Å². The molecule has 5 nitrogen and oxygen atoms in total. The van der Waals surface area contributed by atoms with E-state index in [1.807, 2.05) is 6.92 Å². The van der Waals surface area contributed by atoms with E-state index in [0.717, 1.165) is 29.0 Å². The molecule has 9 heteroatoms. The fourth-order valence-electron chi connectivity index (χ4n) is 2.48. The molecular formula is C19H14F3N3O2S. The van der Waals surface area contributed by atoms with Crippen LogP contribution in [0.2, 0.25) is 0 Å². The average molecular weight is 405 g/mol. The maximum absolute atomic E-state index is 12.8. The summed E-state index contributed by atoms with van der Waals surface area (Å²) >= 11 is 1.11. The molecule has 3 rings (SSSR count). The highest BCUT2D eigenvalue weighted by atomic mass is 32.1. The first kappa shape index (κ1) is 19.6. The number of rotatable bonds is 4. The van der Waals surface area contributed by atoms with Gasteiger partial charge in [-0.1, -0.05) is 12.1 Å². The second-order valence-electron chi connectivity index (χ2n) is 5.96. The molecule has 0 aliphatic heterocycles. The lowest BCUT2D eigenvalue weighted by Crippen LogP contribution is -2.14. The minimum Gasteiger partial charge on any atom is -0.365 e. The number of amides is 2. The molecule has 0 saturated carbocycles. The maximum atomic E-state index is 12.8. The van der Waals surface area contributed by atoms with E-state index < -0.39 is 23.6 Å². The predicted octanol–water partition coefficient (Wildman–Crippen LogP) is 4.49. The molecule has 3 N–H and O–H groups in total. The second kappa shape index (κ2) is 7.43. The van der Waals surface area contributed by atoms with Crippen LogP contribution in [0.5, 0.6) is 0 Å². The number of thiazole rings is 1. The van der Waals surface area contributed by atoms with Crippen molar-refractivity contribution in [3.8, 4) is 10.6 Å². The molecule has 2 aromatic carbocycles. The van der Waals surface area contributed by atoms with Gasteiger partial charge in [-0.2, -0.15) is 13.2 Å². The number of hydrogen-bond donors (Lipinski definition) is 2. The molecule has 0 fully saturated rings. The van der Waals surface area contributed by atoms with Gasteiger partial charge in [-0.25, -0.2) is 4.98 Å².